The normalized spacial score (nSPS) is 14.0. The van der Waals surface area contributed by atoms with E-state index in [2.05, 4.69) is 5.32 Å². The predicted octanol–water partition coefficient (Wildman–Crippen LogP) is 3.55. The van der Waals surface area contributed by atoms with Gasteiger partial charge < -0.3 is 15.0 Å². The van der Waals surface area contributed by atoms with E-state index in [-0.39, 0.29) is 17.0 Å². The van der Waals surface area contributed by atoms with Crippen LogP contribution in [-0.2, 0) is 9.53 Å². The molecule has 1 heterocycles. The van der Waals surface area contributed by atoms with Crippen molar-refractivity contribution in [2.75, 3.05) is 23.9 Å². The quantitative estimate of drug-likeness (QED) is 0.840. The molecule has 0 aromatic heterocycles. The molecule has 1 aliphatic rings. The van der Waals surface area contributed by atoms with Crippen molar-refractivity contribution < 1.29 is 19.1 Å². The minimum absolute atomic E-state index is 0.133. The van der Waals surface area contributed by atoms with Crippen molar-refractivity contribution in [3.05, 3.63) is 59.2 Å². The second-order valence-electron chi connectivity index (χ2n) is 6.50. The molecule has 1 aliphatic heterocycles. The van der Waals surface area contributed by atoms with Gasteiger partial charge in [0.05, 0.1) is 18.2 Å². The molecule has 0 aliphatic carbocycles. The molecule has 3 rings (SSSR count). The zero-order chi connectivity index (χ0) is 19.4. The number of rotatable bonds is 4. The van der Waals surface area contributed by atoms with E-state index < -0.39 is 11.9 Å². The van der Waals surface area contributed by atoms with Crippen molar-refractivity contribution in [2.45, 2.75) is 26.2 Å². The van der Waals surface area contributed by atoms with Crippen LogP contribution in [0.5, 0.6) is 0 Å². The molecule has 0 bridgehead atoms. The maximum absolute atomic E-state index is 12.6. The molecule has 6 nitrogen and oxygen atoms in total. The standard InChI is InChI=1S/C21H22N2O4/c1-14-13-15(10-11-18(14)23-12-6-5-9-19(23)24)22-20(25)16-7-3-4-8-17(16)21(26)27-2/h3-4,7-8,10-11,13H,5-6,9,12H2,1-2H3,(H,22,25). The third-order valence-electron chi connectivity index (χ3n) is 4.65. The smallest absolute Gasteiger partial charge is 0.338 e. The summed E-state index contributed by atoms with van der Waals surface area (Å²) in [5.41, 5.74) is 2.84. The van der Waals surface area contributed by atoms with E-state index in [4.69, 9.17) is 4.74 Å². The summed E-state index contributed by atoms with van der Waals surface area (Å²) in [6, 6.07) is 11.9. The van der Waals surface area contributed by atoms with Crippen LogP contribution in [0.15, 0.2) is 42.5 Å². The largest absolute Gasteiger partial charge is 0.465 e. The number of esters is 1. The lowest BCUT2D eigenvalue weighted by atomic mass is 10.1. The van der Waals surface area contributed by atoms with Crippen molar-refractivity contribution >= 4 is 29.2 Å². The summed E-state index contributed by atoms with van der Waals surface area (Å²) in [5.74, 6) is -0.818. The van der Waals surface area contributed by atoms with Gasteiger partial charge in [-0.25, -0.2) is 4.79 Å². The molecular formula is C21H22N2O4. The molecule has 0 saturated carbocycles. The Bertz CT molecular complexity index is 892. The van der Waals surface area contributed by atoms with Gasteiger partial charge in [-0.15, -0.1) is 0 Å². The van der Waals surface area contributed by atoms with Gasteiger partial charge in [-0.1, -0.05) is 12.1 Å². The average molecular weight is 366 g/mol. The highest BCUT2D eigenvalue weighted by Gasteiger charge is 2.21. The fourth-order valence-corrected chi connectivity index (χ4v) is 3.26. The van der Waals surface area contributed by atoms with Gasteiger partial charge in [0.1, 0.15) is 0 Å². The molecule has 0 spiro atoms. The van der Waals surface area contributed by atoms with Crippen LogP contribution in [0.25, 0.3) is 0 Å². The second kappa shape index (κ2) is 8.03. The number of anilines is 2. The summed E-state index contributed by atoms with van der Waals surface area (Å²) in [4.78, 5) is 38.4. The van der Waals surface area contributed by atoms with Crippen molar-refractivity contribution in [1.82, 2.24) is 0 Å². The molecule has 0 radical (unpaired) electrons. The molecule has 6 heteroatoms. The SMILES string of the molecule is COC(=O)c1ccccc1C(=O)Nc1ccc(N2CCCCC2=O)c(C)c1. The number of methoxy groups -OCH3 is 1. The van der Waals surface area contributed by atoms with Crippen LogP contribution >= 0.6 is 0 Å². The summed E-state index contributed by atoms with van der Waals surface area (Å²) in [7, 11) is 1.28. The summed E-state index contributed by atoms with van der Waals surface area (Å²) < 4.78 is 4.73. The minimum atomic E-state index is -0.559. The van der Waals surface area contributed by atoms with E-state index in [1.54, 1.807) is 35.2 Å². The number of nitrogens with zero attached hydrogens (tertiary/aromatic N) is 1. The Balaban J connectivity index is 1.81. The molecule has 2 aromatic rings. The van der Waals surface area contributed by atoms with E-state index in [0.717, 1.165) is 30.6 Å². The average Bonchev–Trinajstić information content (AvgIpc) is 2.68. The number of hydrogen-bond donors (Lipinski definition) is 1. The van der Waals surface area contributed by atoms with Gasteiger partial charge in [-0.05, 0) is 55.7 Å². The van der Waals surface area contributed by atoms with Gasteiger partial charge in [0.2, 0.25) is 5.91 Å². The second-order valence-corrected chi connectivity index (χ2v) is 6.50. The van der Waals surface area contributed by atoms with Gasteiger partial charge in [-0.3, -0.25) is 9.59 Å². The van der Waals surface area contributed by atoms with E-state index in [0.29, 0.717) is 12.1 Å². The highest BCUT2D eigenvalue weighted by molar-refractivity contribution is 6.11. The number of nitrogens with one attached hydrogen (secondary N) is 1. The topological polar surface area (TPSA) is 75.7 Å². The van der Waals surface area contributed by atoms with Crippen LogP contribution in [0.2, 0.25) is 0 Å². The molecule has 27 heavy (non-hydrogen) atoms. The summed E-state index contributed by atoms with van der Waals surface area (Å²) in [5, 5.41) is 2.81. The van der Waals surface area contributed by atoms with Crippen LogP contribution < -0.4 is 10.2 Å². The van der Waals surface area contributed by atoms with Crippen LogP contribution in [-0.4, -0.2) is 31.4 Å². The zero-order valence-electron chi connectivity index (χ0n) is 15.5. The Labute approximate surface area is 158 Å². The van der Waals surface area contributed by atoms with Crippen molar-refractivity contribution in [1.29, 1.82) is 0 Å². The Morgan fingerprint density at radius 3 is 2.48 bits per heavy atom. The maximum atomic E-state index is 12.6. The zero-order valence-corrected chi connectivity index (χ0v) is 15.5. The Morgan fingerprint density at radius 2 is 1.81 bits per heavy atom. The first-order chi connectivity index (χ1) is 13.0. The van der Waals surface area contributed by atoms with Crippen LogP contribution in [0.3, 0.4) is 0 Å². The number of benzene rings is 2. The Hall–Kier alpha value is -3.15. The monoisotopic (exact) mass is 366 g/mol. The summed E-state index contributed by atoms with van der Waals surface area (Å²) in [6.45, 7) is 2.63. The molecule has 2 aromatic carbocycles. The van der Waals surface area contributed by atoms with Crippen molar-refractivity contribution in [3.8, 4) is 0 Å². The number of ether oxygens (including phenoxy) is 1. The van der Waals surface area contributed by atoms with E-state index >= 15 is 0 Å². The highest BCUT2D eigenvalue weighted by Crippen LogP contribution is 2.27. The third-order valence-corrected chi connectivity index (χ3v) is 4.65. The van der Waals surface area contributed by atoms with Gasteiger partial charge in [0, 0.05) is 24.3 Å². The van der Waals surface area contributed by atoms with E-state index in [9.17, 15) is 14.4 Å². The minimum Gasteiger partial charge on any atom is -0.465 e. The number of hydrogen-bond acceptors (Lipinski definition) is 4. The first-order valence-corrected chi connectivity index (χ1v) is 8.91. The number of aryl methyl sites for hydroxylation is 1. The molecule has 2 amide bonds. The Kier molecular flexibility index (Phi) is 5.54. The first kappa shape index (κ1) is 18.6. The Morgan fingerprint density at radius 1 is 1.07 bits per heavy atom. The fraction of sp³-hybridized carbons (Fsp3) is 0.286. The highest BCUT2D eigenvalue weighted by atomic mass is 16.5. The number of carbonyl (C=O) groups excluding carboxylic acids is 3. The molecule has 0 unspecified atom stereocenters. The first-order valence-electron chi connectivity index (χ1n) is 8.91. The van der Waals surface area contributed by atoms with Gasteiger partial charge in [-0.2, -0.15) is 0 Å². The lowest BCUT2D eigenvalue weighted by Crippen LogP contribution is -2.35. The third kappa shape index (κ3) is 4.00. The fourth-order valence-electron chi connectivity index (χ4n) is 3.26. The van der Waals surface area contributed by atoms with Gasteiger partial charge in [0.25, 0.3) is 5.91 Å². The van der Waals surface area contributed by atoms with Gasteiger partial charge >= 0.3 is 5.97 Å². The molecule has 1 N–H and O–H groups in total. The number of amides is 2. The van der Waals surface area contributed by atoms with E-state index in [1.807, 2.05) is 19.1 Å². The van der Waals surface area contributed by atoms with Crippen LogP contribution in [0.1, 0.15) is 45.5 Å². The number of piperidine rings is 1. The lowest BCUT2D eigenvalue weighted by Gasteiger charge is -2.28. The molecule has 1 saturated heterocycles. The predicted molar refractivity (Wildman–Crippen MR) is 103 cm³/mol. The van der Waals surface area contributed by atoms with Crippen molar-refractivity contribution in [2.24, 2.45) is 0 Å². The van der Waals surface area contributed by atoms with Crippen LogP contribution in [0.4, 0.5) is 11.4 Å². The van der Waals surface area contributed by atoms with Gasteiger partial charge in [0.15, 0.2) is 0 Å². The number of carbonyl (C=O) groups is 3. The molecule has 140 valence electrons. The lowest BCUT2D eigenvalue weighted by molar-refractivity contribution is -0.119. The summed E-state index contributed by atoms with van der Waals surface area (Å²) in [6.07, 6.45) is 2.50. The molecule has 1 fully saturated rings. The van der Waals surface area contributed by atoms with E-state index in [1.165, 1.54) is 7.11 Å². The molecular weight excluding hydrogens is 344 g/mol. The summed E-state index contributed by atoms with van der Waals surface area (Å²) >= 11 is 0. The maximum Gasteiger partial charge on any atom is 0.338 e. The van der Waals surface area contributed by atoms with Crippen molar-refractivity contribution in [3.63, 3.8) is 0 Å². The van der Waals surface area contributed by atoms with Crippen LogP contribution in [0, 0.1) is 6.92 Å². The molecule has 0 atom stereocenters.